The van der Waals surface area contributed by atoms with Gasteiger partial charge in [0.25, 0.3) is 11.8 Å². The van der Waals surface area contributed by atoms with E-state index in [0.717, 1.165) is 16.9 Å². The van der Waals surface area contributed by atoms with Crippen molar-refractivity contribution in [2.24, 2.45) is 17.8 Å². The van der Waals surface area contributed by atoms with E-state index in [1.54, 1.807) is 37.8 Å². The Kier molecular flexibility index (Phi) is 31.5. The average molecular weight is 1140 g/mol. The highest BCUT2D eigenvalue weighted by molar-refractivity contribution is 7.80. The van der Waals surface area contributed by atoms with E-state index in [1.165, 1.54) is 19.3 Å². The van der Waals surface area contributed by atoms with Crippen LogP contribution in [0.3, 0.4) is 0 Å². The number of carbonyl (C=O) groups excluding carboxylic acids is 6. The summed E-state index contributed by atoms with van der Waals surface area (Å²) in [6, 6.07) is 6.45. The number of carboxylic acids is 1. The maximum atomic E-state index is 14.5. The van der Waals surface area contributed by atoms with Gasteiger partial charge in [-0.1, -0.05) is 83.6 Å². The molecule has 8 atom stereocenters. The maximum Gasteiger partial charge on any atom is 0.326 e. The molecule has 0 bridgehead atoms. The van der Waals surface area contributed by atoms with Crippen molar-refractivity contribution >= 4 is 58.6 Å². The third-order valence-electron chi connectivity index (χ3n) is 14.1. The van der Waals surface area contributed by atoms with Crippen LogP contribution in [0.25, 0.3) is 0 Å². The monoisotopic (exact) mass is 1130 g/mol. The zero-order chi connectivity index (χ0) is 58.5. The maximum absolute atomic E-state index is 14.5. The summed E-state index contributed by atoms with van der Waals surface area (Å²) in [5, 5.41) is 18.7. The Morgan fingerprint density at radius 2 is 1.32 bits per heavy atom. The van der Waals surface area contributed by atoms with Crippen LogP contribution in [-0.4, -0.2) is 222 Å². The first kappa shape index (κ1) is 68.3. The lowest BCUT2D eigenvalue weighted by Gasteiger charge is -2.41. The molecule has 1 fully saturated rings. The number of aliphatic carboxylic acids is 1. The summed E-state index contributed by atoms with van der Waals surface area (Å²) >= 11 is 5.77. The molecule has 1 saturated heterocycles. The summed E-state index contributed by atoms with van der Waals surface area (Å²) in [5.74, 6) is -4.12. The Labute approximate surface area is 472 Å². The third-order valence-corrected chi connectivity index (χ3v) is 14.6. The average Bonchev–Trinajstić information content (AvgIpc) is 4.06. The predicted molar refractivity (Wildman–Crippen MR) is 298 cm³/mol. The first-order chi connectivity index (χ1) is 37.7. The molecule has 22 nitrogen and oxygen atoms in total. The lowest BCUT2D eigenvalue weighted by molar-refractivity contribution is -0.147. The van der Waals surface area contributed by atoms with Crippen LogP contribution in [0.4, 0.5) is 0 Å². The van der Waals surface area contributed by atoms with Crippen LogP contribution in [0.1, 0.15) is 86.1 Å². The zero-order valence-corrected chi connectivity index (χ0v) is 49.0. The highest BCUT2D eigenvalue weighted by Crippen LogP contribution is 2.30. The Morgan fingerprint density at radius 3 is 1.81 bits per heavy atom. The van der Waals surface area contributed by atoms with Gasteiger partial charge >= 0.3 is 5.97 Å². The number of benzene rings is 1. The molecule has 0 radical (unpaired) electrons. The van der Waals surface area contributed by atoms with Crippen molar-refractivity contribution in [1.29, 1.82) is 0 Å². The molecule has 0 aromatic heterocycles. The lowest BCUT2D eigenvalue weighted by Crippen LogP contribution is -2.62. The summed E-state index contributed by atoms with van der Waals surface area (Å²) in [7, 11) is 4.74. The van der Waals surface area contributed by atoms with Gasteiger partial charge in [-0.25, -0.2) is 4.79 Å². The second kappa shape index (κ2) is 36.4. The van der Waals surface area contributed by atoms with Gasteiger partial charge in [0.15, 0.2) is 0 Å². The van der Waals surface area contributed by atoms with Crippen LogP contribution in [0.5, 0.6) is 0 Å². The van der Waals surface area contributed by atoms with Gasteiger partial charge in [0.2, 0.25) is 23.6 Å². The smallest absolute Gasteiger partial charge is 0.326 e. The van der Waals surface area contributed by atoms with Crippen LogP contribution < -0.4 is 16.0 Å². The molecule has 2 aliphatic rings. The molecule has 23 heteroatoms. The van der Waals surface area contributed by atoms with Gasteiger partial charge in [-0.05, 0) is 44.1 Å². The molecule has 6 amide bonds. The van der Waals surface area contributed by atoms with Gasteiger partial charge in [-0.3, -0.25) is 33.7 Å². The van der Waals surface area contributed by atoms with Gasteiger partial charge in [0, 0.05) is 58.7 Å². The normalized spacial score (nSPS) is 17.3. The largest absolute Gasteiger partial charge is 0.480 e. The number of methoxy groups -OCH3 is 2. The highest BCUT2D eigenvalue weighted by Gasteiger charge is 2.43. The van der Waals surface area contributed by atoms with E-state index in [1.807, 2.05) is 65.0 Å². The summed E-state index contributed by atoms with van der Waals surface area (Å²) in [5.41, 5.74) is -0.535. The topological polar surface area (TPSA) is 259 Å². The molecular formula is C56H90N6O16S. The minimum absolute atomic E-state index is 0.0126. The highest BCUT2D eigenvalue weighted by atomic mass is 32.1. The van der Waals surface area contributed by atoms with Crippen molar-refractivity contribution in [3.8, 4) is 0 Å². The summed E-state index contributed by atoms with van der Waals surface area (Å²) < 4.78 is 45.0. The number of carbonyl (C=O) groups is 7. The van der Waals surface area contributed by atoms with Crippen LogP contribution >= 0.6 is 12.2 Å². The molecule has 4 N–H and O–H groups in total. The number of ether oxygens (including phenoxy) is 8. The number of likely N-dealkylation sites (tertiary alicyclic amines) is 1. The number of nitrogens with zero attached hydrogens (tertiary/aromatic N) is 3. The second-order valence-corrected chi connectivity index (χ2v) is 21.1. The van der Waals surface area contributed by atoms with Gasteiger partial charge in [0.1, 0.15) is 17.6 Å². The number of hydrogen-bond donors (Lipinski definition) is 4. The molecule has 1 aromatic carbocycles. The van der Waals surface area contributed by atoms with Crippen molar-refractivity contribution in [1.82, 2.24) is 30.7 Å². The predicted octanol–water partition coefficient (Wildman–Crippen LogP) is 2.97. The molecule has 7 unspecified atom stereocenters. The van der Waals surface area contributed by atoms with Crippen molar-refractivity contribution < 1.29 is 76.6 Å². The Bertz CT molecular complexity index is 2080. The minimum atomic E-state index is -1.39. The van der Waals surface area contributed by atoms with E-state index in [-0.39, 0.29) is 93.7 Å². The summed E-state index contributed by atoms with van der Waals surface area (Å²) in [6.07, 6.45) is 3.44. The zero-order valence-electron chi connectivity index (χ0n) is 48.2. The number of nitrogens with one attached hydrogen (secondary N) is 3. The Morgan fingerprint density at radius 1 is 0.785 bits per heavy atom. The molecule has 0 spiro atoms. The third kappa shape index (κ3) is 23.2. The molecule has 0 saturated carbocycles. The van der Waals surface area contributed by atoms with Gasteiger partial charge in [0.05, 0.1) is 122 Å². The first-order valence-corrected chi connectivity index (χ1v) is 27.9. The fourth-order valence-corrected chi connectivity index (χ4v) is 9.63. The molecule has 79 heavy (non-hydrogen) atoms. The number of carboxylic acid groups (broad SMARTS) is 1. The molecule has 3 rings (SSSR count). The van der Waals surface area contributed by atoms with Crippen LogP contribution in [0.2, 0.25) is 0 Å². The van der Waals surface area contributed by atoms with E-state index in [9.17, 15) is 38.7 Å². The van der Waals surface area contributed by atoms with E-state index in [0.29, 0.717) is 77.2 Å². The van der Waals surface area contributed by atoms with Crippen LogP contribution in [-0.2, 0) is 77.9 Å². The second-order valence-electron chi connectivity index (χ2n) is 20.6. The van der Waals surface area contributed by atoms with Gasteiger partial charge in [-0.2, -0.15) is 0 Å². The SMILES string of the molecule is CCC(C)C(C(CC(=O)N1CCC[C@H]1C(OC)C(C)C(=S)NC(Cc1ccccc1)C(=O)O)OC)N(C)C(=O)C(NC(=O)C(C)(C)NC(=O)CCOCCOCCOCCOCCOCCOCCN1C(=O)C=CC1=O)C(C)C. The van der Waals surface area contributed by atoms with E-state index in [4.69, 9.17) is 50.1 Å². The molecule has 1 aromatic rings. The minimum Gasteiger partial charge on any atom is -0.480 e. The molecular weight excluding hydrogens is 1040 g/mol. The van der Waals surface area contributed by atoms with Crippen molar-refractivity contribution in [3.05, 3.63) is 48.0 Å². The van der Waals surface area contributed by atoms with E-state index in [2.05, 4.69) is 16.0 Å². The first-order valence-electron chi connectivity index (χ1n) is 27.5. The van der Waals surface area contributed by atoms with E-state index < -0.39 is 59.6 Å². The number of thiocarbonyl (C=S) groups is 1. The summed E-state index contributed by atoms with van der Waals surface area (Å²) in [4.78, 5) is 95.8. The van der Waals surface area contributed by atoms with Crippen molar-refractivity contribution in [2.75, 3.05) is 114 Å². The van der Waals surface area contributed by atoms with Crippen molar-refractivity contribution in [2.45, 2.75) is 129 Å². The van der Waals surface area contributed by atoms with E-state index >= 15 is 0 Å². The standard InChI is InChI=1S/C56H90N6O16S/c1-11-39(4)50(44(71-9)37-48(66)61-22-15-18-43(61)51(72-10)40(5)52(79)57-42(54(68)69)36-41-16-13-12-14-17-41)60(8)53(67)49(38(2)3)58-55(70)56(6,7)59-45(63)21-24-73-26-28-75-30-32-77-34-35-78-33-31-76-29-27-74-25-23-62-46(64)19-20-47(62)65/h12-14,16-17,19-20,38-40,42-44,49-51H,11,15,18,21-37H2,1-10H3,(H,57,79)(H,58,70)(H,59,63)(H,68,69)/t39?,40?,42?,43-,44?,49?,50?,51?/m0/s1. The number of hydrogen-bond acceptors (Lipinski definition) is 16. The van der Waals surface area contributed by atoms with Crippen molar-refractivity contribution in [3.63, 3.8) is 0 Å². The number of likely N-dealkylation sites (N-methyl/N-ethyl adjacent to an activating group) is 1. The quantitative estimate of drug-likeness (QED) is 0.0418. The van der Waals surface area contributed by atoms with Gasteiger partial charge < -0.3 is 68.8 Å². The molecule has 446 valence electrons. The fraction of sp³-hybridized carbons (Fsp3) is 0.714. The van der Waals surface area contributed by atoms with Crippen LogP contribution in [0.15, 0.2) is 42.5 Å². The van der Waals surface area contributed by atoms with Gasteiger partial charge in [-0.15, -0.1) is 0 Å². The Hall–Kier alpha value is -4.98. The van der Waals surface area contributed by atoms with Crippen LogP contribution in [0, 0.1) is 17.8 Å². The summed E-state index contributed by atoms with van der Waals surface area (Å²) in [6.45, 7) is 17.1. The number of imide groups is 1. The molecule has 2 heterocycles. The fourth-order valence-electron chi connectivity index (χ4n) is 9.36. The number of rotatable bonds is 41. The Balaban J connectivity index is 1.40. The number of amides is 6. The molecule has 0 aliphatic carbocycles. The lowest BCUT2D eigenvalue weighted by atomic mass is 9.89. The molecule has 2 aliphatic heterocycles.